The van der Waals surface area contributed by atoms with E-state index < -0.39 is 0 Å². The summed E-state index contributed by atoms with van der Waals surface area (Å²) in [5, 5.41) is 9.02. The Balaban J connectivity index is 1.54. The van der Waals surface area contributed by atoms with Crippen molar-refractivity contribution in [3.8, 4) is 5.75 Å². The average molecular weight is 496 g/mol. The molecule has 0 radical (unpaired) electrons. The highest BCUT2D eigenvalue weighted by atomic mass is 35.5. The Hall–Kier alpha value is -3.42. The van der Waals surface area contributed by atoms with E-state index in [-0.39, 0.29) is 16.9 Å². The van der Waals surface area contributed by atoms with Gasteiger partial charge in [-0.05, 0) is 85.2 Å². The van der Waals surface area contributed by atoms with Gasteiger partial charge in [-0.2, -0.15) is 0 Å². The number of nitrogens with one attached hydrogen (secondary N) is 3. The lowest BCUT2D eigenvalue weighted by molar-refractivity contribution is 0.0976. The van der Waals surface area contributed by atoms with Crippen LogP contribution in [0, 0.1) is 5.92 Å². The molecule has 2 amide bonds. The fourth-order valence-electron chi connectivity index (χ4n) is 2.96. The van der Waals surface area contributed by atoms with Crippen LogP contribution in [0.25, 0.3) is 0 Å². The van der Waals surface area contributed by atoms with Crippen molar-refractivity contribution >= 4 is 52.1 Å². The minimum absolute atomic E-state index is 0.120. The number of carbonyl (C=O) groups excluding carboxylic acids is 2. The van der Waals surface area contributed by atoms with Crippen LogP contribution in [0.4, 0.5) is 11.4 Å². The van der Waals surface area contributed by atoms with Gasteiger partial charge < -0.3 is 15.4 Å². The van der Waals surface area contributed by atoms with Gasteiger partial charge in [0, 0.05) is 27.5 Å². The molecule has 0 aliphatic rings. The molecule has 0 saturated carbocycles. The summed E-state index contributed by atoms with van der Waals surface area (Å²) < 4.78 is 5.68. The first-order valence-electron chi connectivity index (χ1n) is 10.8. The van der Waals surface area contributed by atoms with Crippen LogP contribution < -0.4 is 20.7 Å². The summed E-state index contributed by atoms with van der Waals surface area (Å²) >= 11 is 11.2. The molecule has 0 saturated heterocycles. The molecule has 3 aromatic rings. The van der Waals surface area contributed by atoms with Crippen LogP contribution in [0.1, 0.15) is 41.0 Å². The number of hydrogen-bond donors (Lipinski definition) is 3. The Morgan fingerprint density at radius 1 is 0.882 bits per heavy atom. The largest absolute Gasteiger partial charge is 0.494 e. The van der Waals surface area contributed by atoms with Crippen LogP contribution in [0.15, 0.2) is 72.8 Å². The van der Waals surface area contributed by atoms with Gasteiger partial charge in [-0.3, -0.25) is 14.9 Å². The highest BCUT2D eigenvalue weighted by Crippen LogP contribution is 2.18. The van der Waals surface area contributed by atoms with Gasteiger partial charge >= 0.3 is 0 Å². The third kappa shape index (κ3) is 7.86. The number of halogens is 1. The quantitative estimate of drug-likeness (QED) is 0.327. The molecule has 34 heavy (non-hydrogen) atoms. The molecule has 0 heterocycles. The topological polar surface area (TPSA) is 79.5 Å². The number of benzene rings is 3. The van der Waals surface area contributed by atoms with Crippen molar-refractivity contribution in [2.75, 3.05) is 17.2 Å². The highest BCUT2D eigenvalue weighted by molar-refractivity contribution is 7.80. The second kappa shape index (κ2) is 12.2. The average Bonchev–Trinajstić information content (AvgIpc) is 2.79. The maximum absolute atomic E-state index is 12.6. The van der Waals surface area contributed by atoms with Gasteiger partial charge in [-0.15, -0.1) is 0 Å². The number of thiocarbonyl (C=S) groups is 1. The van der Waals surface area contributed by atoms with Crippen LogP contribution >= 0.6 is 23.8 Å². The van der Waals surface area contributed by atoms with E-state index in [2.05, 4.69) is 29.8 Å². The Kier molecular flexibility index (Phi) is 9.01. The second-order valence-corrected chi connectivity index (χ2v) is 8.85. The van der Waals surface area contributed by atoms with Gasteiger partial charge in [0.25, 0.3) is 11.8 Å². The van der Waals surface area contributed by atoms with Crippen molar-refractivity contribution in [3.63, 3.8) is 0 Å². The van der Waals surface area contributed by atoms with E-state index in [0.29, 0.717) is 45.8 Å². The number of amides is 2. The van der Waals surface area contributed by atoms with Crippen LogP contribution in [-0.4, -0.2) is 23.5 Å². The zero-order valence-corrected chi connectivity index (χ0v) is 20.5. The Morgan fingerprint density at radius 3 is 2.24 bits per heavy atom. The molecule has 0 aliphatic heterocycles. The molecule has 0 unspecified atom stereocenters. The first kappa shape index (κ1) is 25.2. The van der Waals surface area contributed by atoms with Crippen molar-refractivity contribution in [2.45, 2.75) is 20.3 Å². The molecule has 3 rings (SSSR count). The molecule has 3 aromatic carbocycles. The first-order valence-corrected chi connectivity index (χ1v) is 11.6. The van der Waals surface area contributed by atoms with E-state index in [0.717, 1.165) is 6.42 Å². The van der Waals surface area contributed by atoms with E-state index in [1.54, 1.807) is 72.8 Å². The molecule has 8 heteroatoms. The van der Waals surface area contributed by atoms with Crippen LogP contribution in [0.5, 0.6) is 5.75 Å². The van der Waals surface area contributed by atoms with E-state index in [4.69, 9.17) is 28.6 Å². The molecule has 0 atom stereocenters. The van der Waals surface area contributed by atoms with E-state index >= 15 is 0 Å². The maximum Gasteiger partial charge on any atom is 0.257 e. The predicted octanol–water partition coefficient (Wildman–Crippen LogP) is 6.14. The Morgan fingerprint density at radius 2 is 1.56 bits per heavy atom. The fourth-order valence-corrected chi connectivity index (χ4v) is 3.36. The zero-order valence-electron chi connectivity index (χ0n) is 18.9. The molecular formula is C26H26ClN3O3S. The molecule has 3 N–H and O–H groups in total. The normalized spacial score (nSPS) is 10.5. The zero-order chi connectivity index (χ0) is 24.5. The predicted molar refractivity (Wildman–Crippen MR) is 141 cm³/mol. The van der Waals surface area contributed by atoms with Gasteiger partial charge in [-0.25, -0.2) is 0 Å². The number of ether oxygens (including phenoxy) is 1. The molecule has 176 valence electrons. The number of anilines is 2. The lowest BCUT2D eigenvalue weighted by atomic mass is 10.1. The first-order chi connectivity index (χ1) is 16.3. The lowest BCUT2D eigenvalue weighted by Gasteiger charge is -2.12. The van der Waals surface area contributed by atoms with Crippen molar-refractivity contribution in [3.05, 3.63) is 88.9 Å². The van der Waals surface area contributed by atoms with Crippen LogP contribution in [-0.2, 0) is 0 Å². The molecule has 0 aliphatic carbocycles. The summed E-state index contributed by atoms with van der Waals surface area (Å²) in [6.45, 7) is 4.91. The number of hydrogen-bond acceptors (Lipinski definition) is 4. The van der Waals surface area contributed by atoms with Gasteiger partial charge in [0.05, 0.1) is 6.61 Å². The summed E-state index contributed by atoms with van der Waals surface area (Å²) in [6, 6.07) is 20.6. The molecule has 6 nitrogen and oxygen atoms in total. The van der Waals surface area contributed by atoms with Crippen molar-refractivity contribution in [1.29, 1.82) is 0 Å². The third-order valence-electron chi connectivity index (χ3n) is 4.77. The molecular weight excluding hydrogens is 470 g/mol. The Bertz CT molecular complexity index is 1170. The van der Waals surface area contributed by atoms with Gasteiger partial charge in [0.15, 0.2) is 5.11 Å². The van der Waals surface area contributed by atoms with Gasteiger partial charge in [-0.1, -0.05) is 37.6 Å². The van der Waals surface area contributed by atoms with Crippen molar-refractivity contribution in [1.82, 2.24) is 5.32 Å². The molecule has 0 spiro atoms. The number of rotatable bonds is 8. The number of carbonyl (C=O) groups is 2. The fraction of sp³-hybridized carbons (Fsp3) is 0.192. The van der Waals surface area contributed by atoms with Crippen molar-refractivity contribution in [2.24, 2.45) is 5.92 Å². The molecule has 0 fully saturated rings. The van der Waals surface area contributed by atoms with E-state index in [1.165, 1.54) is 0 Å². The monoisotopic (exact) mass is 495 g/mol. The standard InChI is InChI=1S/C26H26ClN3O3S/c1-17(2)13-14-33-23-11-9-18(10-12-23)24(31)30-26(34)29-21-7-3-5-19(15-21)25(32)28-22-8-4-6-20(27)16-22/h3-12,15-17H,13-14H2,1-2H3,(H,28,32)(H2,29,30,31,34). The lowest BCUT2D eigenvalue weighted by Crippen LogP contribution is -2.34. The summed E-state index contributed by atoms with van der Waals surface area (Å²) in [5.41, 5.74) is 2.04. The minimum Gasteiger partial charge on any atom is -0.494 e. The Labute approximate surface area is 209 Å². The second-order valence-electron chi connectivity index (χ2n) is 8.01. The van der Waals surface area contributed by atoms with Gasteiger partial charge in [0.1, 0.15) is 5.75 Å². The summed E-state index contributed by atoms with van der Waals surface area (Å²) in [4.78, 5) is 25.1. The summed E-state index contributed by atoms with van der Waals surface area (Å²) in [6.07, 6.45) is 0.964. The van der Waals surface area contributed by atoms with Crippen LogP contribution in [0.3, 0.4) is 0 Å². The summed E-state index contributed by atoms with van der Waals surface area (Å²) in [7, 11) is 0. The maximum atomic E-state index is 12.6. The smallest absolute Gasteiger partial charge is 0.257 e. The SMILES string of the molecule is CC(C)CCOc1ccc(C(=O)NC(=S)Nc2cccc(C(=O)Nc3cccc(Cl)c3)c2)cc1. The van der Waals surface area contributed by atoms with E-state index in [9.17, 15) is 9.59 Å². The minimum atomic E-state index is -0.346. The highest BCUT2D eigenvalue weighted by Gasteiger charge is 2.11. The van der Waals surface area contributed by atoms with E-state index in [1.807, 2.05) is 0 Å². The molecule has 0 aromatic heterocycles. The van der Waals surface area contributed by atoms with Gasteiger partial charge in [0.2, 0.25) is 0 Å². The summed E-state index contributed by atoms with van der Waals surface area (Å²) in [5.74, 6) is 0.639. The van der Waals surface area contributed by atoms with Crippen molar-refractivity contribution < 1.29 is 14.3 Å². The van der Waals surface area contributed by atoms with Crippen LogP contribution in [0.2, 0.25) is 5.02 Å². The third-order valence-corrected chi connectivity index (χ3v) is 5.21. The molecule has 0 bridgehead atoms.